The number of aromatic nitrogens is 4. The number of nitrogens with zero attached hydrogens (tertiary/aromatic N) is 4. The van der Waals surface area contributed by atoms with Gasteiger partial charge in [-0.05, 0) is 49.2 Å². The van der Waals surface area contributed by atoms with Crippen LogP contribution in [0.2, 0.25) is 0 Å². The van der Waals surface area contributed by atoms with Gasteiger partial charge in [-0.1, -0.05) is 42.8 Å². The molecule has 2 aromatic heterocycles. The highest BCUT2D eigenvalue weighted by Crippen LogP contribution is 2.23. The van der Waals surface area contributed by atoms with Crippen molar-refractivity contribution in [2.75, 3.05) is 12.4 Å². The Kier molecular flexibility index (Phi) is 8.00. The second kappa shape index (κ2) is 11.5. The number of aryl methyl sites for hydroxylation is 2. The van der Waals surface area contributed by atoms with E-state index in [2.05, 4.69) is 15.3 Å². The van der Waals surface area contributed by atoms with Crippen LogP contribution in [0, 0.1) is 19.8 Å². The molecule has 0 saturated heterocycles. The van der Waals surface area contributed by atoms with Gasteiger partial charge in [0.15, 0.2) is 0 Å². The number of nitrogens with one attached hydrogen (secondary N) is 1. The first-order chi connectivity index (χ1) is 18.2. The molecule has 0 spiro atoms. The minimum absolute atomic E-state index is 0.0800. The second-order valence-electron chi connectivity index (χ2n) is 9.03. The number of ether oxygens (including phenoxy) is 2. The van der Waals surface area contributed by atoms with Crippen LogP contribution in [0.5, 0.6) is 11.6 Å². The topological polar surface area (TPSA) is 117 Å². The largest absolute Gasteiger partial charge is 0.469 e. The fourth-order valence-electron chi connectivity index (χ4n) is 3.72. The molecule has 2 aromatic carbocycles. The molecule has 38 heavy (non-hydrogen) atoms. The van der Waals surface area contributed by atoms with Crippen LogP contribution in [0.4, 0.5) is 11.6 Å². The Labute approximate surface area is 219 Å². The summed E-state index contributed by atoms with van der Waals surface area (Å²) in [5.41, 5.74) is 2.20. The van der Waals surface area contributed by atoms with E-state index in [1.807, 2.05) is 44.2 Å². The Morgan fingerprint density at radius 3 is 2.26 bits per heavy atom. The van der Waals surface area contributed by atoms with Crippen molar-refractivity contribution >= 4 is 17.6 Å². The molecule has 0 unspecified atom stereocenters. The van der Waals surface area contributed by atoms with Crippen molar-refractivity contribution in [3.05, 3.63) is 105 Å². The molecule has 10 nitrogen and oxygen atoms in total. The molecule has 0 aliphatic heterocycles. The van der Waals surface area contributed by atoms with Crippen LogP contribution in [0.15, 0.2) is 76.4 Å². The molecule has 4 aromatic rings. The summed E-state index contributed by atoms with van der Waals surface area (Å²) in [4.78, 5) is 46.6. The third-order valence-electron chi connectivity index (χ3n) is 5.89. The van der Waals surface area contributed by atoms with Crippen LogP contribution < -0.4 is 21.4 Å². The smallest absolute Gasteiger partial charge is 0.354 e. The molecule has 0 saturated carbocycles. The van der Waals surface area contributed by atoms with Gasteiger partial charge in [0.25, 0.3) is 0 Å². The Balaban J connectivity index is 1.65. The highest BCUT2D eigenvalue weighted by Gasteiger charge is 2.20. The van der Waals surface area contributed by atoms with Crippen molar-refractivity contribution in [3.63, 3.8) is 0 Å². The molecule has 0 amide bonds. The van der Waals surface area contributed by atoms with E-state index in [9.17, 15) is 14.4 Å². The van der Waals surface area contributed by atoms with E-state index in [0.717, 1.165) is 21.3 Å². The molecular weight excluding hydrogens is 486 g/mol. The van der Waals surface area contributed by atoms with Gasteiger partial charge >= 0.3 is 17.3 Å². The van der Waals surface area contributed by atoms with E-state index in [1.54, 1.807) is 43.5 Å². The van der Waals surface area contributed by atoms with Gasteiger partial charge in [-0.3, -0.25) is 9.36 Å². The first-order valence-corrected chi connectivity index (χ1v) is 12.1. The SMILES string of the molecule is COC(=O)[C@H](C)Cn1c(=O)nc(Nc2ccc(Oc3ccc(C)cn3)cc2)n(Cc2ccc(C)cc2)c1=O. The van der Waals surface area contributed by atoms with Gasteiger partial charge in [-0.25, -0.2) is 19.1 Å². The van der Waals surface area contributed by atoms with Crippen molar-refractivity contribution in [3.8, 4) is 11.6 Å². The van der Waals surface area contributed by atoms with Crippen LogP contribution in [0.1, 0.15) is 23.6 Å². The molecule has 0 radical (unpaired) electrons. The predicted molar refractivity (Wildman–Crippen MR) is 143 cm³/mol. The second-order valence-corrected chi connectivity index (χ2v) is 9.03. The zero-order chi connectivity index (χ0) is 27.2. The average molecular weight is 516 g/mol. The van der Waals surface area contributed by atoms with Crippen molar-refractivity contribution in [2.24, 2.45) is 5.92 Å². The van der Waals surface area contributed by atoms with Crippen LogP contribution >= 0.6 is 0 Å². The van der Waals surface area contributed by atoms with E-state index in [4.69, 9.17) is 9.47 Å². The molecule has 1 N–H and O–H groups in total. The van der Waals surface area contributed by atoms with Gasteiger partial charge in [0, 0.05) is 24.5 Å². The highest BCUT2D eigenvalue weighted by molar-refractivity contribution is 5.71. The Morgan fingerprint density at radius 2 is 1.63 bits per heavy atom. The van der Waals surface area contributed by atoms with Gasteiger partial charge in [-0.2, -0.15) is 4.98 Å². The summed E-state index contributed by atoms with van der Waals surface area (Å²) in [5.74, 6) is -0.101. The molecule has 2 heterocycles. The van der Waals surface area contributed by atoms with Crippen LogP contribution in [0.25, 0.3) is 0 Å². The lowest BCUT2D eigenvalue weighted by Crippen LogP contribution is -2.44. The number of benzene rings is 2. The lowest BCUT2D eigenvalue weighted by molar-refractivity contribution is -0.145. The summed E-state index contributed by atoms with van der Waals surface area (Å²) < 4.78 is 12.8. The number of pyridine rings is 1. The van der Waals surface area contributed by atoms with Gasteiger partial charge in [0.2, 0.25) is 11.8 Å². The highest BCUT2D eigenvalue weighted by atomic mass is 16.5. The Morgan fingerprint density at radius 1 is 0.947 bits per heavy atom. The molecule has 0 fully saturated rings. The van der Waals surface area contributed by atoms with Crippen molar-refractivity contribution in [2.45, 2.75) is 33.9 Å². The summed E-state index contributed by atoms with van der Waals surface area (Å²) in [6.07, 6.45) is 1.72. The summed E-state index contributed by atoms with van der Waals surface area (Å²) >= 11 is 0. The van der Waals surface area contributed by atoms with Gasteiger partial charge in [0.05, 0.1) is 19.6 Å². The number of hydrogen-bond donors (Lipinski definition) is 1. The van der Waals surface area contributed by atoms with Gasteiger partial charge < -0.3 is 14.8 Å². The Hall–Kier alpha value is -4.73. The number of carbonyl (C=O) groups is 1. The average Bonchev–Trinajstić information content (AvgIpc) is 2.91. The maximum Gasteiger partial charge on any atom is 0.354 e. The molecule has 0 aliphatic rings. The number of rotatable bonds is 9. The minimum Gasteiger partial charge on any atom is -0.469 e. The minimum atomic E-state index is -0.765. The first kappa shape index (κ1) is 26.3. The molecular formula is C28H29N5O5. The molecule has 4 rings (SSSR count). The monoisotopic (exact) mass is 515 g/mol. The van der Waals surface area contributed by atoms with Crippen molar-refractivity contribution < 1.29 is 14.3 Å². The summed E-state index contributed by atoms with van der Waals surface area (Å²) in [5, 5.41) is 3.07. The fraction of sp³-hybridized carbons (Fsp3) is 0.250. The number of carbonyl (C=O) groups excluding carboxylic acids is 1. The number of anilines is 2. The summed E-state index contributed by atoms with van der Waals surface area (Å²) in [7, 11) is 1.26. The molecule has 0 aliphatic carbocycles. The maximum absolute atomic E-state index is 13.5. The molecule has 0 bridgehead atoms. The quantitative estimate of drug-likeness (QED) is 0.335. The number of methoxy groups -OCH3 is 1. The van der Waals surface area contributed by atoms with E-state index in [0.29, 0.717) is 17.3 Å². The van der Waals surface area contributed by atoms with E-state index >= 15 is 0 Å². The lowest BCUT2D eigenvalue weighted by Gasteiger charge is -2.17. The van der Waals surface area contributed by atoms with Gasteiger partial charge in [-0.15, -0.1) is 0 Å². The number of esters is 1. The van der Waals surface area contributed by atoms with Crippen LogP contribution in [-0.4, -0.2) is 32.2 Å². The predicted octanol–water partition coefficient (Wildman–Crippen LogP) is 3.81. The van der Waals surface area contributed by atoms with Crippen molar-refractivity contribution in [1.82, 2.24) is 19.1 Å². The zero-order valence-electron chi connectivity index (χ0n) is 21.7. The van der Waals surface area contributed by atoms with E-state index in [1.165, 1.54) is 11.7 Å². The van der Waals surface area contributed by atoms with E-state index in [-0.39, 0.29) is 19.0 Å². The van der Waals surface area contributed by atoms with Crippen LogP contribution in [0.3, 0.4) is 0 Å². The van der Waals surface area contributed by atoms with E-state index < -0.39 is 23.3 Å². The fourth-order valence-corrected chi connectivity index (χ4v) is 3.72. The third-order valence-corrected chi connectivity index (χ3v) is 5.89. The lowest BCUT2D eigenvalue weighted by atomic mass is 10.1. The summed E-state index contributed by atoms with van der Waals surface area (Å²) in [6, 6.07) is 18.4. The third kappa shape index (κ3) is 6.33. The zero-order valence-corrected chi connectivity index (χ0v) is 21.7. The molecule has 10 heteroatoms. The van der Waals surface area contributed by atoms with Crippen LogP contribution in [-0.2, 0) is 22.6 Å². The van der Waals surface area contributed by atoms with Crippen molar-refractivity contribution in [1.29, 1.82) is 0 Å². The normalized spacial score (nSPS) is 11.6. The first-order valence-electron chi connectivity index (χ1n) is 12.1. The maximum atomic E-state index is 13.5. The van der Waals surface area contributed by atoms with Gasteiger partial charge in [0.1, 0.15) is 5.75 Å². The summed E-state index contributed by atoms with van der Waals surface area (Å²) in [6.45, 7) is 5.53. The molecule has 196 valence electrons. The molecule has 1 atom stereocenters. The Bertz CT molecular complexity index is 1520. The standard InChI is InChI=1S/C28H29N5O5/c1-18-5-8-21(9-6-18)17-32-26(31-27(35)33(28(32)36)16-20(3)25(34)37-4)30-22-10-12-23(13-11-22)38-24-14-7-19(2)15-29-24/h5-15,20H,16-17H2,1-4H3,(H,30,31,35)/t20-/m1/s1. The number of hydrogen-bond acceptors (Lipinski definition) is 8.